The number of aliphatic hydroxyl groups is 1. The first-order valence-corrected chi connectivity index (χ1v) is 12.1. The molecule has 9 heteroatoms. The summed E-state index contributed by atoms with van der Waals surface area (Å²) < 4.78 is 12.5. The number of aromatic nitrogens is 2. The zero-order chi connectivity index (χ0) is 21.3. The van der Waals surface area contributed by atoms with Crippen LogP contribution in [-0.4, -0.2) is 63.9 Å². The van der Waals surface area contributed by atoms with Gasteiger partial charge in [0.05, 0.1) is 29.1 Å². The maximum absolute atomic E-state index is 12.5. The van der Waals surface area contributed by atoms with Crippen molar-refractivity contribution in [3.63, 3.8) is 0 Å². The van der Waals surface area contributed by atoms with Crippen molar-refractivity contribution in [1.29, 1.82) is 0 Å². The Morgan fingerprint density at radius 3 is 2.43 bits per heavy atom. The molecule has 1 fully saturated rings. The number of rotatable bonds is 6. The largest absolute Gasteiger partial charge is 0.394 e. The van der Waals surface area contributed by atoms with E-state index < -0.39 is 10.8 Å². The van der Waals surface area contributed by atoms with Crippen LogP contribution in [0.25, 0.3) is 0 Å². The first-order valence-electron chi connectivity index (χ1n) is 10.4. The smallest absolute Gasteiger partial charge is 0.227 e. The molecule has 2 aliphatic heterocycles. The highest BCUT2D eigenvalue weighted by Crippen LogP contribution is 2.31. The van der Waals surface area contributed by atoms with Crippen LogP contribution in [0.1, 0.15) is 19.5 Å². The van der Waals surface area contributed by atoms with E-state index in [1.807, 2.05) is 38.1 Å². The maximum Gasteiger partial charge on any atom is 0.227 e. The van der Waals surface area contributed by atoms with Crippen molar-refractivity contribution in [1.82, 2.24) is 9.97 Å². The Kier molecular flexibility index (Phi) is 6.46. The second-order valence-electron chi connectivity index (χ2n) is 8.08. The summed E-state index contributed by atoms with van der Waals surface area (Å²) in [5.41, 5.74) is 2.02. The number of fused-ring (bicyclic) bond motifs is 1. The van der Waals surface area contributed by atoms with Crippen molar-refractivity contribution < 1.29 is 9.32 Å². The molecule has 2 N–H and O–H groups in total. The van der Waals surface area contributed by atoms with Crippen LogP contribution in [0.5, 0.6) is 0 Å². The minimum atomic E-state index is -1.09. The Bertz CT molecular complexity index is 916. The number of piperazine rings is 1. The Labute approximate surface area is 184 Å². The maximum atomic E-state index is 12.5. The number of aryl methyl sites for hydroxylation is 1. The molecule has 162 valence electrons. The van der Waals surface area contributed by atoms with Gasteiger partial charge < -0.3 is 20.2 Å². The summed E-state index contributed by atoms with van der Waals surface area (Å²) >= 11 is 6.00. The highest BCUT2D eigenvalue weighted by Gasteiger charge is 2.29. The molecule has 7 nitrogen and oxygen atoms in total. The molecule has 1 aromatic carbocycles. The summed E-state index contributed by atoms with van der Waals surface area (Å²) in [5.74, 6) is 2.09. The van der Waals surface area contributed by atoms with Crippen LogP contribution in [-0.2, 0) is 17.2 Å². The van der Waals surface area contributed by atoms with Gasteiger partial charge in [0.15, 0.2) is 0 Å². The lowest BCUT2D eigenvalue weighted by molar-refractivity contribution is 0.249. The molecule has 2 aliphatic rings. The minimum Gasteiger partial charge on any atom is -0.394 e. The summed E-state index contributed by atoms with van der Waals surface area (Å²) in [7, 11) is -1.09. The molecule has 2 atom stereocenters. The zero-order valence-electron chi connectivity index (χ0n) is 17.3. The van der Waals surface area contributed by atoms with Crippen LogP contribution >= 0.6 is 11.6 Å². The standard InChI is InChI=1S/C21H28ClN5O2S/c1-14(2)18(13-28)23-20-19-17(7-12-30(19)29)24-21(25-20)27-10-8-26(9-11-27)16-5-3-15(22)4-6-16/h3-6,14,18,28H,7-13H2,1-2H3,(H,23,24,25)/t18-,30?/m0/s1. The van der Waals surface area contributed by atoms with Gasteiger partial charge in [-0.25, -0.2) is 4.98 Å². The molecule has 0 radical (unpaired) electrons. The number of anilines is 3. The molecule has 3 heterocycles. The molecular weight excluding hydrogens is 422 g/mol. The van der Waals surface area contributed by atoms with Gasteiger partial charge in [0.2, 0.25) is 5.95 Å². The molecule has 1 unspecified atom stereocenters. The van der Waals surface area contributed by atoms with Crippen molar-refractivity contribution in [3.8, 4) is 0 Å². The van der Waals surface area contributed by atoms with Crippen LogP contribution in [0.3, 0.4) is 0 Å². The molecule has 4 rings (SSSR count). The Morgan fingerprint density at radius 1 is 1.13 bits per heavy atom. The monoisotopic (exact) mass is 449 g/mol. The van der Waals surface area contributed by atoms with Gasteiger partial charge in [0, 0.05) is 49.1 Å². The first kappa shape index (κ1) is 21.3. The van der Waals surface area contributed by atoms with Crippen LogP contribution in [0, 0.1) is 5.92 Å². The molecule has 0 amide bonds. The van der Waals surface area contributed by atoms with Crippen molar-refractivity contribution in [2.75, 3.05) is 53.7 Å². The third-order valence-corrected chi connectivity index (χ3v) is 7.46. The van der Waals surface area contributed by atoms with Crippen molar-refractivity contribution in [2.45, 2.75) is 31.2 Å². The summed E-state index contributed by atoms with van der Waals surface area (Å²) in [6.07, 6.45) is 0.697. The number of hydrogen-bond acceptors (Lipinski definition) is 7. The van der Waals surface area contributed by atoms with Crippen molar-refractivity contribution in [3.05, 3.63) is 35.0 Å². The van der Waals surface area contributed by atoms with Gasteiger partial charge in [0.25, 0.3) is 0 Å². The SMILES string of the molecule is CC(C)[C@H](CO)Nc1nc(N2CCN(c3ccc(Cl)cc3)CC2)nc2c1S(=O)CC2. The Morgan fingerprint density at radius 2 is 1.80 bits per heavy atom. The van der Waals surface area contributed by atoms with Crippen LogP contribution in [0.15, 0.2) is 29.2 Å². The van der Waals surface area contributed by atoms with Gasteiger partial charge in [0.1, 0.15) is 10.7 Å². The number of nitrogens with one attached hydrogen (secondary N) is 1. The molecule has 2 aromatic rings. The van der Waals surface area contributed by atoms with E-state index in [9.17, 15) is 9.32 Å². The molecule has 0 spiro atoms. The molecular formula is C21H28ClN5O2S. The molecule has 1 aromatic heterocycles. The highest BCUT2D eigenvalue weighted by atomic mass is 35.5. The fourth-order valence-electron chi connectivity index (χ4n) is 3.84. The molecule has 0 aliphatic carbocycles. The van der Waals surface area contributed by atoms with E-state index in [1.165, 1.54) is 0 Å². The van der Waals surface area contributed by atoms with E-state index in [4.69, 9.17) is 21.6 Å². The molecule has 0 bridgehead atoms. The fourth-order valence-corrected chi connectivity index (χ4v) is 5.28. The number of nitrogens with zero attached hydrogens (tertiary/aromatic N) is 4. The topological polar surface area (TPSA) is 81.6 Å². The minimum absolute atomic E-state index is 0.00181. The predicted molar refractivity (Wildman–Crippen MR) is 122 cm³/mol. The van der Waals surface area contributed by atoms with Crippen molar-refractivity contribution in [2.24, 2.45) is 5.92 Å². The average molecular weight is 450 g/mol. The number of hydrogen-bond donors (Lipinski definition) is 2. The summed E-state index contributed by atoms with van der Waals surface area (Å²) in [6.45, 7) is 7.42. The second-order valence-corrected chi connectivity index (χ2v) is 10.0. The van der Waals surface area contributed by atoms with Gasteiger partial charge in [-0.3, -0.25) is 4.21 Å². The molecule has 1 saturated heterocycles. The number of benzene rings is 1. The normalized spacial score (nSPS) is 19.8. The third kappa shape index (κ3) is 4.40. The quantitative estimate of drug-likeness (QED) is 0.701. The lowest BCUT2D eigenvalue weighted by Crippen LogP contribution is -2.47. The van der Waals surface area contributed by atoms with Crippen molar-refractivity contribution >= 4 is 39.9 Å². The number of halogens is 1. The highest BCUT2D eigenvalue weighted by molar-refractivity contribution is 7.85. The van der Waals surface area contributed by atoms with E-state index in [0.29, 0.717) is 28.8 Å². The molecule has 0 saturated carbocycles. The lowest BCUT2D eigenvalue weighted by atomic mass is 10.1. The second kappa shape index (κ2) is 9.08. The van der Waals surface area contributed by atoms with E-state index >= 15 is 0 Å². The van der Waals surface area contributed by atoms with Gasteiger partial charge in [-0.1, -0.05) is 25.4 Å². The van der Waals surface area contributed by atoms with Crippen LogP contribution < -0.4 is 15.1 Å². The van der Waals surface area contributed by atoms with E-state index in [-0.39, 0.29) is 18.6 Å². The van der Waals surface area contributed by atoms with Gasteiger partial charge in [-0.2, -0.15) is 4.98 Å². The summed E-state index contributed by atoms with van der Waals surface area (Å²) in [4.78, 5) is 14.7. The zero-order valence-corrected chi connectivity index (χ0v) is 18.9. The van der Waals surface area contributed by atoms with E-state index in [1.54, 1.807) is 0 Å². The Hall–Kier alpha value is -1.90. The average Bonchev–Trinajstić information content (AvgIpc) is 3.13. The van der Waals surface area contributed by atoms with E-state index in [2.05, 4.69) is 15.1 Å². The first-order chi connectivity index (χ1) is 14.5. The van der Waals surface area contributed by atoms with Gasteiger partial charge >= 0.3 is 0 Å². The van der Waals surface area contributed by atoms with Gasteiger partial charge in [-0.05, 0) is 30.2 Å². The van der Waals surface area contributed by atoms with Crippen LogP contribution in [0.4, 0.5) is 17.5 Å². The van der Waals surface area contributed by atoms with Crippen LogP contribution in [0.2, 0.25) is 5.02 Å². The Balaban J connectivity index is 1.54. The third-order valence-electron chi connectivity index (χ3n) is 5.75. The van der Waals surface area contributed by atoms with E-state index in [0.717, 1.165) is 42.6 Å². The predicted octanol–water partition coefficient (Wildman–Crippen LogP) is 2.55. The molecule has 30 heavy (non-hydrogen) atoms. The summed E-state index contributed by atoms with van der Waals surface area (Å²) in [5, 5.41) is 13.8. The van der Waals surface area contributed by atoms with Gasteiger partial charge in [-0.15, -0.1) is 0 Å². The lowest BCUT2D eigenvalue weighted by Gasteiger charge is -2.36. The fraction of sp³-hybridized carbons (Fsp3) is 0.524. The number of aliphatic hydroxyl groups excluding tert-OH is 1. The summed E-state index contributed by atoms with van der Waals surface area (Å²) in [6, 6.07) is 7.77.